The Bertz CT molecular complexity index is 524. The van der Waals surface area contributed by atoms with Crippen molar-refractivity contribution in [3.05, 3.63) is 0 Å². The second-order valence-electron chi connectivity index (χ2n) is 11.0. The van der Waals surface area contributed by atoms with Crippen molar-refractivity contribution in [3.8, 4) is 0 Å². The number of carbonyl (C=O) groups excluding carboxylic acids is 1. The van der Waals surface area contributed by atoms with Gasteiger partial charge in [0.25, 0.3) is 0 Å². The lowest BCUT2D eigenvalue weighted by molar-refractivity contribution is -0.122. The van der Waals surface area contributed by atoms with Gasteiger partial charge in [0.2, 0.25) is 0 Å². The molecule has 0 aromatic rings. The minimum absolute atomic E-state index is 0.392. The van der Waals surface area contributed by atoms with E-state index < -0.39 is 0 Å². The molecule has 8 atom stereocenters. The van der Waals surface area contributed by atoms with Crippen LogP contribution in [0, 0.1) is 46.3 Å². The topological polar surface area (TPSA) is 17.1 Å². The first-order chi connectivity index (χ1) is 11.9. The van der Waals surface area contributed by atoms with Crippen molar-refractivity contribution in [3.63, 3.8) is 0 Å². The Morgan fingerprint density at radius 1 is 0.920 bits per heavy atom. The van der Waals surface area contributed by atoms with Gasteiger partial charge < -0.3 is 4.79 Å². The second-order valence-corrected chi connectivity index (χ2v) is 11.0. The largest absolute Gasteiger partial charge is 0.300 e. The van der Waals surface area contributed by atoms with E-state index in [4.69, 9.17) is 0 Å². The molecule has 0 aromatic carbocycles. The molecular formula is C24H40O. The normalized spacial score (nSPS) is 50.5. The van der Waals surface area contributed by atoms with Gasteiger partial charge in [-0.3, -0.25) is 0 Å². The lowest BCUT2D eigenvalue weighted by Gasteiger charge is -2.61. The van der Waals surface area contributed by atoms with Crippen LogP contribution in [0.3, 0.4) is 0 Å². The number of carbonyl (C=O) groups is 1. The van der Waals surface area contributed by atoms with E-state index in [1.807, 2.05) is 0 Å². The first kappa shape index (κ1) is 18.1. The highest BCUT2D eigenvalue weighted by Crippen LogP contribution is 2.68. The zero-order valence-corrected chi connectivity index (χ0v) is 17.2. The fourth-order valence-electron chi connectivity index (χ4n) is 8.87. The Hall–Kier alpha value is -0.330. The van der Waals surface area contributed by atoms with Crippen LogP contribution in [0.2, 0.25) is 0 Å². The Balaban J connectivity index is 1.56. The third-order valence-electron chi connectivity index (χ3n) is 9.95. The third kappa shape index (κ3) is 2.74. The summed E-state index contributed by atoms with van der Waals surface area (Å²) in [4.78, 5) is 11.7. The van der Waals surface area contributed by atoms with Crippen molar-refractivity contribution in [1.29, 1.82) is 0 Å². The molecule has 0 bridgehead atoms. The van der Waals surface area contributed by atoms with Crippen molar-refractivity contribution in [2.24, 2.45) is 46.3 Å². The van der Waals surface area contributed by atoms with Gasteiger partial charge in [0.1, 0.15) is 5.78 Å². The van der Waals surface area contributed by atoms with E-state index >= 15 is 0 Å². The molecule has 0 saturated heterocycles. The second kappa shape index (κ2) is 6.38. The molecule has 4 fully saturated rings. The van der Waals surface area contributed by atoms with Crippen LogP contribution in [0.25, 0.3) is 0 Å². The summed E-state index contributed by atoms with van der Waals surface area (Å²) in [7, 11) is 0. The predicted octanol–water partition coefficient (Wildman–Crippen LogP) is 6.65. The molecule has 25 heavy (non-hydrogen) atoms. The van der Waals surface area contributed by atoms with Crippen molar-refractivity contribution >= 4 is 5.78 Å². The van der Waals surface area contributed by atoms with Gasteiger partial charge >= 0.3 is 0 Å². The monoisotopic (exact) mass is 344 g/mol. The van der Waals surface area contributed by atoms with Gasteiger partial charge in [-0.05, 0) is 105 Å². The molecule has 4 saturated carbocycles. The van der Waals surface area contributed by atoms with E-state index in [0.29, 0.717) is 22.5 Å². The van der Waals surface area contributed by atoms with Crippen LogP contribution < -0.4 is 0 Å². The average Bonchev–Trinajstić information content (AvgIpc) is 2.91. The summed E-state index contributed by atoms with van der Waals surface area (Å²) >= 11 is 0. The summed E-state index contributed by atoms with van der Waals surface area (Å²) in [6.07, 6.45) is 15.6. The minimum Gasteiger partial charge on any atom is -0.300 e. The number of ketones is 1. The van der Waals surface area contributed by atoms with Crippen molar-refractivity contribution < 1.29 is 4.79 Å². The van der Waals surface area contributed by atoms with Gasteiger partial charge in [0.15, 0.2) is 0 Å². The van der Waals surface area contributed by atoms with Crippen LogP contribution in [0.1, 0.15) is 98.3 Å². The maximum absolute atomic E-state index is 11.7. The number of hydrogen-bond acceptors (Lipinski definition) is 1. The molecular weight excluding hydrogens is 304 g/mol. The molecule has 1 unspecified atom stereocenters. The Labute approximate surface area is 155 Å². The van der Waals surface area contributed by atoms with Crippen LogP contribution in [-0.4, -0.2) is 5.78 Å². The summed E-state index contributed by atoms with van der Waals surface area (Å²) in [5.41, 5.74) is 1.18. The highest BCUT2D eigenvalue weighted by Gasteiger charge is 2.60. The van der Waals surface area contributed by atoms with Gasteiger partial charge in [0, 0.05) is 6.42 Å². The van der Waals surface area contributed by atoms with Crippen LogP contribution in [-0.2, 0) is 4.79 Å². The molecule has 4 rings (SSSR count). The first-order valence-electron chi connectivity index (χ1n) is 11.4. The highest BCUT2D eigenvalue weighted by atomic mass is 16.1. The number of hydrogen-bond donors (Lipinski definition) is 0. The van der Waals surface area contributed by atoms with Crippen LogP contribution in [0.4, 0.5) is 0 Å². The van der Waals surface area contributed by atoms with Gasteiger partial charge in [-0.2, -0.15) is 0 Å². The van der Waals surface area contributed by atoms with E-state index in [1.54, 1.807) is 6.92 Å². The Morgan fingerprint density at radius 2 is 1.68 bits per heavy atom. The van der Waals surface area contributed by atoms with Gasteiger partial charge in [-0.25, -0.2) is 0 Å². The van der Waals surface area contributed by atoms with Crippen molar-refractivity contribution in [2.75, 3.05) is 0 Å². The van der Waals surface area contributed by atoms with E-state index in [0.717, 1.165) is 36.0 Å². The molecule has 4 aliphatic rings. The fraction of sp³-hybridized carbons (Fsp3) is 0.958. The van der Waals surface area contributed by atoms with E-state index in [1.165, 1.54) is 64.2 Å². The highest BCUT2D eigenvalue weighted by molar-refractivity contribution is 5.75. The molecule has 0 spiro atoms. The van der Waals surface area contributed by atoms with Crippen LogP contribution in [0.15, 0.2) is 0 Å². The molecule has 0 amide bonds. The number of fused-ring (bicyclic) bond motifs is 5. The van der Waals surface area contributed by atoms with Crippen LogP contribution in [0.5, 0.6) is 0 Å². The average molecular weight is 345 g/mol. The molecule has 142 valence electrons. The molecule has 0 N–H and O–H groups in total. The summed E-state index contributed by atoms with van der Waals surface area (Å²) < 4.78 is 0. The molecule has 0 radical (unpaired) electrons. The van der Waals surface area contributed by atoms with Crippen molar-refractivity contribution in [1.82, 2.24) is 0 Å². The van der Waals surface area contributed by atoms with Crippen LogP contribution >= 0.6 is 0 Å². The molecule has 1 nitrogen and oxygen atoms in total. The van der Waals surface area contributed by atoms with Gasteiger partial charge in [-0.1, -0.05) is 33.6 Å². The summed E-state index contributed by atoms with van der Waals surface area (Å²) in [5.74, 6) is 5.75. The lowest BCUT2D eigenvalue weighted by Crippen LogP contribution is -2.53. The number of Topliss-reactive ketones (excluding diaryl/α,β-unsaturated/α-hetero) is 1. The summed E-state index contributed by atoms with van der Waals surface area (Å²) in [5, 5.41) is 0. The predicted molar refractivity (Wildman–Crippen MR) is 104 cm³/mol. The molecule has 0 heterocycles. The standard InChI is InChI=1S/C24H40O/c1-16(15-17(2)25)20-10-11-21-19-9-8-18-7-5-6-13-23(18,3)22(19)12-14-24(20,21)4/h16,18-22H,5-15H2,1-4H3/t16-,18?,19+,20-,21+,22+,23+,24-/m1/s1. The van der Waals surface area contributed by atoms with E-state index in [-0.39, 0.29) is 0 Å². The first-order valence-corrected chi connectivity index (χ1v) is 11.4. The Kier molecular flexibility index (Phi) is 4.61. The smallest absolute Gasteiger partial charge is 0.130 e. The van der Waals surface area contributed by atoms with Crippen molar-refractivity contribution in [2.45, 2.75) is 98.3 Å². The third-order valence-corrected chi connectivity index (χ3v) is 9.95. The molecule has 1 heteroatoms. The summed E-state index contributed by atoms with van der Waals surface area (Å²) in [6.45, 7) is 9.46. The maximum Gasteiger partial charge on any atom is 0.130 e. The molecule has 0 aromatic heterocycles. The Morgan fingerprint density at radius 3 is 2.44 bits per heavy atom. The van der Waals surface area contributed by atoms with E-state index in [9.17, 15) is 4.79 Å². The molecule has 4 aliphatic carbocycles. The van der Waals surface area contributed by atoms with Gasteiger partial charge in [-0.15, -0.1) is 0 Å². The number of rotatable bonds is 3. The quantitative estimate of drug-likeness (QED) is 0.560. The maximum atomic E-state index is 11.7. The zero-order valence-electron chi connectivity index (χ0n) is 17.2. The van der Waals surface area contributed by atoms with E-state index in [2.05, 4.69) is 20.8 Å². The fourth-order valence-corrected chi connectivity index (χ4v) is 8.87. The molecule has 0 aliphatic heterocycles. The summed E-state index contributed by atoms with van der Waals surface area (Å²) in [6, 6.07) is 0. The lowest BCUT2D eigenvalue weighted by atomic mass is 9.44. The SMILES string of the molecule is CC(=O)C[C@@H](C)[C@H]1CC[C@H]2[C@@H]3CCC4CCCC[C@]4(C)[C@H]3CC[C@]12C. The van der Waals surface area contributed by atoms with Gasteiger partial charge in [0.05, 0.1) is 0 Å². The zero-order chi connectivity index (χ0) is 17.8. The minimum atomic E-state index is 0.392.